The van der Waals surface area contributed by atoms with Crippen LogP contribution in [0.2, 0.25) is 0 Å². The van der Waals surface area contributed by atoms with Crippen molar-refractivity contribution in [2.75, 3.05) is 0 Å². The summed E-state index contributed by atoms with van der Waals surface area (Å²) in [4.78, 5) is 0. The van der Waals surface area contributed by atoms with Gasteiger partial charge in [-0.2, -0.15) is 0 Å². The van der Waals surface area contributed by atoms with Gasteiger partial charge in [-0.05, 0) is 76.3 Å². The van der Waals surface area contributed by atoms with E-state index in [0.717, 1.165) is 0 Å². The molecule has 0 radical (unpaired) electrons. The van der Waals surface area contributed by atoms with Crippen LogP contribution in [0.15, 0.2) is 140 Å². The van der Waals surface area contributed by atoms with Gasteiger partial charge in [0.05, 0.1) is 0 Å². The maximum Gasteiger partial charge on any atom is 0.242 e. The van der Waals surface area contributed by atoms with Gasteiger partial charge in [0.1, 0.15) is 0 Å². The van der Waals surface area contributed by atoms with E-state index in [9.17, 15) is 0 Å². The molecule has 0 saturated heterocycles. The number of hydrogen-bond acceptors (Lipinski definition) is 0. The average molecular weight is 569 g/mol. The SMILES string of the molecule is Cc1cccc(-c2cccc(B3c4ccccc4-c4cc(C(C)(C)C)ccc43)c2)c1.Cc1ccccc1-c1ccccc1C. The van der Waals surface area contributed by atoms with Gasteiger partial charge in [0.2, 0.25) is 6.71 Å². The largest absolute Gasteiger partial charge is 0.242 e. The van der Waals surface area contributed by atoms with E-state index in [2.05, 4.69) is 181 Å². The lowest BCUT2D eigenvalue weighted by Gasteiger charge is -2.20. The van der Waals surface area contributed by atoms with E-state index in [1.54, 1.807) is 0 Å². The third kappa shape index (κ3) is 5.93. The van der Waals surface area contributed by atoms with E-state index in [1.807, 2.05) is 0 Å². The van der Waals surface area contributed by atoms with Crippen LogP contribution in [0.4, 0.5) is 0 Å². The summed E-state index contributed by atoms with van der Waals surface area (Å²) < 4.78 is 0. The van der Waals surface area contributed by atoms with E-state index in [4.69, 9.17) is 0 Å². The Labute approximate surface area is 264 Å². The van der Waals surface area contributed by atoms with Crippen LogP contribution in [0.1, 0.15) is 43.0 Å². The summed E-state index contributed by atoms with van der Waals surface area (Å²) in [5, 5.41) is 0. The Morgan fingerprint density at radius 1 is 0.432 bits per heavy atom. The van der Waals surface area contributed by atoms with Gasteiger partial charge in [-0.25, -0.2) is 0 Å². The molecule has 6 aromatic rings. The summed E-state index contributed by atoms with van der Waals surface area (Å²) in [7, 11) is 0. The first-order valence-corrected chi connectivity index (χ1v) is 15.7. The fourth-order valence-corrected chi connectivity index (χ4v) is 6.50. The lowest BCUT2D eigenvalue weighted by Crippen LogP contribution is -2.48. The van der Waals surface area contributed by atoms with E-state index in [0.29, 0.717) is 0 Å². The summed E-state index contributed by atoms with van der Waals surface area (Å²) in [5.41, 5.74) is 17.7. The van der Waals surface area contributed by atoms with Crippen LogP contribution >= 0.6 is 0 Å². The topological polar surface area (TPSA) is 0 Å². The second-order valence-corrected chi connectivity index (χ2v) is 13.2. The van der Waals surface area contributed by atoms with Crippen molar-refractivity contribution in [3.8, 4) is 33.4 Å². The molecule has 6 aromatic carbocycles. The molecule has 1 aliphatic rings. The molecule has 0 bridgehead atoms. The Hall–Kier alpha value is -4.62. The maximum atomic E-state index is 2.42. The third-order valence-electron chi connectivity index (χ3n) is 8.94. The fraction of sp³-hybridized carbons (Fsp3) is 0.163. The molecule has 0 saturated carbocycles. The molecule has 216 valence electrons. The Morgan fingerprint density at radius 3 is 1.59 bits per heavy atom. The number of benzene rings is 6. The molecular formula is C43H41B. The molecule has 0 atom stereocenters. The standard InChI is InChI=1S/C29H27B.C14H14/c1-20-9-7-10-21(17-20)22-11-8-12-24(18-22)30-27-14-6-5-13-25(27)26-19-23(29(2,3)4)15-16-28(26)30;1-11-7-3-5-9-13(11)14-10-6-4-8-12(14)2/h5-19H,1-4H3;3-10H,1-2H3. The van der Waals surface area contributed by atoms with Crippen molar-refractivity contribution in [2.24, 2.45) is 0 Å². The van der Waals surface area contributed by atoms with Gasteiger partial charge in [0.25, 0.3) is 0 Å². The van der Waals surface area contributed by atoms with Crippen molar-refractivity contribution >= 4 is 23.1 Å². The van der Waals surface area contributed by atoms with Crippen LogP contribution in [-0.2, 0) is 5.41 Å². The van der Waals surface area contributed by atoms with E-state index in [-0.39, 0.29) is 12.1 Å². The summed E-state index contributed by atoms with van der Waals surface area (Å²) in [6.07, 6.45) is 0. The first-order chi connectivity index (χ1) is 21.2. The van der Waals surface area contributed by atoms with Gasteiger partial charge in [-0.15, -0.1) is 0 Å². The van der Waals surface area contributed by atoms with E-state index >= 15 is 0 Å². The molecule has 0 unspecified atom stereocenters. The van der Waals surface area contributed by atoms with Gasteiger partial charge in [-0.1, -0.05) is 182 Å². The molecule has 0 spiro atoms. The van der Waals surface area contributed by atoms with Crippen LogP contribution < -0.4 is 16.4 Å². The lowest BCUT2D eigenvalue weighted by molar-refractivity contribution is 0.590. The van der Waals surface area contributed by atoms with Crippen LogP contribution in [0, 0.1) is 20.8 Å². The average Bonchev–Trinajstić information content (AvgIpc) is 3.36. The van der Waals surface area contributed by atoms with Crippen molar-refractivity contribution in [1.82, 2.24) is 0 Å². The summed E-state index contributed by atoms with van der Waals surface area (Å²) in [5.74, 6) is 0. The summed E-state index contributed by atoms with van der Waals surface area (Å²) >= 11 is 0. The van der Waals surface area contributed by atoms with Gasteiger partial charge >= 0.3 is 0 Å². The van der Waals surface area contributed by atoms with E-state index < -0.39 is 0 Å². The highest BCUT2D eigenvalue weighted by Crippen LogP contribution is 2.30. The van der Waals surface area contributed by atoms with Gasteiger partial charge < -0.3 is 0 Å². The molecule has 0 amide bonds. The highest BCUT2D eigenvalue weighted by Gasteiger charge is 2.34. The summed E-state index contributed by atoms with van der Waals surface area (Å²) in [6.45, 7) is 13.6. The van der Waals surface area contributed by atoms with E-state index in [1.165, 1.54) is 72.0 Å². The second kappa shape index (κ2) is 12.2. The molecule has 0 fully saturated rings. The normalized spacial score (nSPS) is 11.8. The predicted molar refractivity (Wildman–Crippen MR) is 193 cm³/mol. The highest BCUT2D eigenvalue weighted by atomic mass is 14.2. The van der Waals surface area contributed by atoms with Crippen LogP contribution in [-0.4, -0.2) is 6.71 Å². The number of fused-ring (bicyclic) bond motifs is 3. The maximum absolute atomic E-state index is 2.42. The quantitative estimate of drug-likeness (QED) is 0.186. The smallest absolute Gasteiger partial charge is 0.0680 e. The highest BCUT2D eigenvalue weighted by molar-refractivity contribution is 6.99. The van der Waals surface area contributed by atoms with Gasteiger partial charge in [0.15, 0.2) is 0 Å². The Morgan fingerprint density at radius 2 is 0.977 bits per heavy atom. The molecule has 1 aliphatic heterocycles. The molecular weight excluding hydrogens is 527 g/mol. The van der Waals surface area contributed by atoms with Crippen molar-refractivity contribution in [2.45, 2.75) is 47.0 Å². The molecule has 1 heteroatoms. The number of hydrogen-bond donors (Lipinski definition) is 0. The first-order valence-electron chi connectivity index (χ1n) is 15.7. The van der Waals surface area contributed by atoms with Gasteiger partial charge in [0, 0.05) is 0 Å². The molecule has 0 aromatic heterocycles. The number of rotatable bonds is 3. The zero-order chi connectivity index (χ0) is 30.8. The third-order valence-corrected chi connectivity index (χ3v) is 8.94. The van der Waals surface area contributed by atoms with Crippen molar-refractivity contribution in [3.05, 3.63) is 162 Å². The second-order valence-electron chi connectivity index (χ2n) is 13.2. The lowest BCUT2D eigenvalue weighted by atomic mass is 9.39. The fourth-order valence-electron chi connectivity index (χ4n) is 6.50. The van der Waals surface area contributed by atoms with Gasteiger partial charge in [-0.3, -0.25) is 0 Å². The minimum atomic E-state index is 0.146. The Balaban J connectivity index is 0.000000205. The molecule has 0 N–H and O–H groups in total. The first kappa shape index (κ1) is 29.5. The molecule has 44 heavy (non-hydrogen) atoms. The minimum Gasteiger partial charge on any atom is -0.0680 e. The van der Waals surface area contributed by atoms with Crippen molar-refractivity contribution in [1.29, 1.82) is 0 Å². The molecule has 1 heterocycles. The zero-order valence-corrected chi connectivity index (χ0v) is 26.9. The van der Waals surface area contributed by atoms with Crippen molar-refractivity contribution < 1.29 is 0 Å². The van der Waals surface area contributed by atoms with Crippen LogP contribution in [0.3, 0.4) is 0 Å². The summed E-state index contributed by atoms with van der Waals surface area (Å²) in [6, 6.07) is 50.9. The van der Waals surface area contributed by atoms with Crippen molar-refractivity contribution in [3.63, 3.8) is 0 Å². The molecule has 0 nitrogen and oxygen atoms in total. The van der Waals surface area contributed by atoms with Crippen LogP contribution in [0.25, 0.3) is 33.4 Å². The zero-order valence-electron chi connectivity index (χ0n) is 26.9. The molecule has 0 aliphatic carbocycles. The van der Waals surface area contributed by atoms with Crippen LogP contribution in [0.5, 0.6) is 0 Å². The number of aryl methyl sites for hydroxylation is 3. The Kier molecular flexibility index (Phi) is 8.15. The molecule has 7 rings (SSSR count). The predicted octanol–water partition coefficient (Wildman–Crippen LogP) is 9.43. The monoisotopic (exact) mass is 568 g/mol. The Bertz CT molecular complexity index is 1890. The minimum absolute atomic E-state index is 0.146.